The van der Waals surface area contributed by atoms with Gasteiger partial charge in [-0.25, -0.2) is 0 Å². The Hall–Kier alpha value is -0.280. The van der Waals surface area contributed by atoms with Crippen LogP contribution in [0.1, 0.15) is 32.1 Å². The highest BCUT2D eigenvalue weighted by Gasteiger charge is 2.33. The molecule has 1 unspecified atom stereocenters. The third kappa shape index (κ3) is 2.61. The summed E-state index contributed by atoms with van der Waals surface area (Å²) in [4.78, 5) is 12.9. The van der Waals surface area contributed by atoms with Crippen molar-refractivity contribution in [2.24, 2.45) is 0 Å². The standard InChI is InChI=1S/C10H16ClNO2/c11-10(13)12(8-4-5-8)7-9-3-1-2-6-14-9/h8-9H,1-7H2. The molecule has 80 valence electrons. The van der Waals surface area contributed by atoms with Crippen LogP contribution in [0.3, 0.4) is 0 Å². The molecule has 1 saturated heterocycles. The quantitative estimate of drug-likeness (QED) is 0.537. The Labute approximate surface area is 89.4 Å². The molecule has 0 spiro atoms. The molecule has 2 fully saturated rings. The van der Waals surface area contributed by atoms with E-state index in [1.165, 1.54) is 6.42 Å². The second-order valence-electron chi connectivity index (χ2n) is 4.13. The minimum absolute atomic E-state index is 0.215. The zero-order valence-corrected chi connectivity index (χ0v) is 9.00. The number of hydrogen-bond acceptors (Lipinski definition) is 2. The van der Waals surface area contributed by atoms with Gasteiger partial charge in [0.2, 0.25) is 0 Å². The van der Waals surface area contributed by atoms with E-state index in [2.05, 4.69) is 0 Å². The maximum atomic E-state index is 11.1. The molecule has 0 bridgehead atoms. The lowest BCUT2D eigenvalue weighted by Crippen LogP contribution is -2.38. The fraction of sp³-hybridized carbons (Fsp3) is 0.900. The van der Waals surface area contributed by atoms with Crippen LogP contribution in [0.2, 0.25) is 0 Å². The van der Waals surface area contributed by atoms with Crippen LogP contribution in [-0.2, 0) is 4.74 Å². The SMILES string of the molecule is O=C(Cl)N(CC1CCCCO1)C1CC1. The number of rotatable bonds is 3. The highest BCUT2D eigenvalue weighted by molar-refractivity contribution is 6.62. The molecule has 0 aromatic carbocycles. The lowest BCUT2D eigenvalue weighted by molar-refractivity contribution is 0.00129. The zero-order valence-electron chi connectivity index (χ0n) is 8.25. The highest BCUT2D eigenvalue weighted by atomic mass is 35.5. The van der Waals surface area contributed by atoms with Gasteiger partial charge in [-0.05, 0) is 43.7 Å². The van der Waals surface area contributed by atoms with Gasteiger partial charge in [-0.15, -0.1) is 0 Å². The predicted octanol–water partition coefficient (Wildman–Crippen LogP) is 2.38. The van der Waals surface area contributed by atoms with Gasteiger partial charge in [0.25, 0.3) is 0 Å². The van der Waals surface area contributed by atoms with E-state index < -0.39 is 0 Å². The van der Waals surface area contributed by atoms with E-state index in [-0.39, 0.29) is 11.5 Å². The molecule has 3 nitrogen and oxygen atoms in total. The summed E-state index contributed by atoms with van der Waals surface area (Å²) in [5.74, 6) is 0. The van der Waals surface area contributed by atoms with Gasteiger partial charge in [-0.2, -0.15) is 0 Å². The largest absolute Gasteiger partial charge is 0.376 e. The van der Waals surface area contributed by atoms with Gasteiger partial charge in [0, 0.05) is 19.2 Å². The molecular formula is C10H16ClNO2. The van der Waals surface area contributed by atoms with Crippen LogP contribution in [0.4, 0.5) is 4.79 Å². The number of amides is 1. The van der Waals surface area contributed by atoms with E-state index in [4.69, 9.17) is 16.3 Å². The van der Waals surface area contributed by atoms with Crippen molar-refractivity contribution >= 4 is 17.0 Å². The van der Waals surface area contributed by atoms with Gasteiger partial charge in [0.1, 0.15) is 0 Å². The van der Waals surface area contributed by atoms with Crippen LogP contribution in [0.5, 0.6) is 0 Å². The van der Waals surface area contributed by atoms with Crippen molar-refractivity contribution in [2.75, 3.05) is 13.2 Å². The number of ether oxygens (including phenoxy) is 1. The smallest absolute Gasteiger partial charge is 0.316 e. The summed E-state index contributed by atoms with van der Waals surface area (Å²) < 4.78 is 5.58. The first-order valence-electron chi connectivity index (χ1n) is 5.35. The number of hydrogen-bond donors (Lipinski definition) is 0. The topological polar surface area (TPSA) is 29.5 Å². The average molecular weight is 218 g/mol. The summed E-state index contributed by atoms with van der Waals surface area (Å²) >= 11 is 5.53. The molecule has 0 aromatic rings. The molecule has 14 heavy (non-hydrogen) atoms. The minimum atomic E-state index is -0.318. The van der Waals surface area contributed by atoms with Gasteiger partial charge in [-0.1, -0.05) is 0 Å². The Morgan fingerprint density at radius 3 is 2.64 bits per heavy atom. The fourth-order valence-corrected chi connectivity index (χ4v) is 2.13. The molecule has 0 aromatic heterocycles. The number of nitrogens with zero attached hydrogens (tertiary/aromatic N) is 1. The maximum absolute atomic E-state index is 11.1. The lowest BCUT2D eigenvalue weighted by Gasteiger charge is -2.28. The second kappa shape index (κ2) is 4.49. The third-order valence-corrected chi connectivity index (χ3v) is 3.10. The van der Waals surface area contributed by atoms with Crippen LogP contribution in [0, 0.1) is 0 Å². The molecule has 1 aliphatic carbocycles. The van der Waals surface area contributed by atoms with Gasteiger partial charge in [0.15, 0.2) is 0 Å². The molecule has 0 radical (unpaired) electrons. The average Bonchev–Trinajstić information content (AvgIpc) is 2.99. The summed E-state index contributed by atoms with van der Waals surface area (Å²) in [7, 11) is 0. The monoisotopic (exact) mass is 217 g/mol. The molecule has 1 saturated carbocycles. The molecule has 2 rings (SSSR count). The van der Waals surface area contributed by atoms with E-state index in [1.54, 1.807) is 4.90 Å². The van der Waals surface area contributed by atoms with E-state index in [0.717, 1.165) is 32.3 Å². The van der Waals surface area contributed by atoms with E-state index in [1.807, 2.05) is 0 Å². The van der Waals surface area contributed by atoms with Crippen molar-refractivity contribution in [3.8, 4) is 0 Å². The molecule has 1 aliphatic heterocycles. The molecule has 2 aliphatic rings. The fourth-order valence-electron chi connectivity index (χ4n) is 1.92. The van der Waals surface area contributed by atoms with Crippen LogP contribution >= 0.6 is 11.6 Å². The van der Waals surface area contributed by atoms with Crippen LogP contribution in [-0.4, -0.2) is 35.6 Å². The predicted molar refractivity (Wildman–Crippen MR) is 54.6 cm³/mol. The molecule has 4 heteroatoms. The summed E-state index contributed by atoms with van der Waals surface area (Å²) in [6, 6.07) is 0.394. The normalized spacial score (nSPS) is 27.4. The van der Waals surface area contributed by atoms with Crippen molar-refractivity contribution in [1.82, 2.24) is 4.90 Å². The van der Waals surface area contributed by atoms with Gasteiger partial charge in [-0.3, -0.25) is 4.79 Å². The third-order valence-electron chi connectivity index (χ3n) is 2.89. The minimum Gasteiger partial charge on any atom is -0.376 e. The van der Waals surface area contributed by atoms with Gasteiger partial charge in [0.05, 0.1) is 6.10 Å². The van der Waals surface area contributed by atoms with Crippen molar-refractivity contribution in [1.29, 1.82) is 0 Å². The Bertz CT molecular complexity index is 212. The highest BCUT2D eigenvalue weighted by Crippen LogP contribution is 2.29. The molecule has 1 heterocycles. The van der Waals surface area contributed by atoms with Crippen molar-refractivity contribution in [3.63, 3.8) is 0 Å². The van der Waals surface area contributed by atoms with Crippen LogP contribution in [0.15, 0.2) is 0 Å². The van der Waals surface area contributed by atoms with Crippen molar-refractivity contribution in [2.45, 2.75) is 44.2 Å². The Morgan fingerprint density at radius 1 is 1.36 bits per heavy atom. The molecule has 0 N–H and O–H groups in total. The van der Waals surface area contributed by atoms with E-state index in [9.17, 15) is 4.79 Å². The number of carbonyl (C=O) groups excluding carboxylic acids is 1. The molecule has 1 atom stereocenters. The summed E-state index contributed by atoms with van der Waals surface area (Å²) in [6.45, 7) is 1.52. The van der Waals surface area contributed by atoms with Gasteiger partial charge < -0.3 is 9.64 Å². The first-order valence-corrected chi connectivity index (χ1v) is 5.73. The molecular weight excluding hydrogens is 202 g/mol. The Morgan fingerprint density at radius 2 is 2.14 bits per heavy atom. The van der Waals surface area contributed by atoms with E-state index in [0.29, 0.717) is 12.6 Å². The first-order chi connectivity index (χ1) is 6.77. The van der Waals surface area contributed by atoms with Crippen LogP contribution < -0.4 is 0 Å². The number of carbonyl (C=O) groups is 1. The second-order valence-corrected chi connectivity index (χ2v) is 4.45. The lowest BCUT2D eigenvalue weighted by atomic mass is 10.1. The molecule has 1 amide bonds. The number of halogens is 1. The maximum Gasteiger partial charge on any atom is 0.316 e. The van der Waals surface area contributed by atoms with Crippen LogP contribution in [0.25, 0.3) is 0 Å². The zero-order chi connectivity index (χ0) is 9.97. The Balaban J connectivity index is 1.82. The van der Waals surface area contributed by atoms with Crippen molar-refractivity contribution < 1.29 is 9.53 Å². The Kier molecular flexibility index (Phi) is 3.29. The van der Waals surface area contributed by atoms with Gasteiger partial charge >= 0.3 is 5.37 Å². The summed E-state index contributed by atoms with van der Waals surface area (Å²) in [5, 5.41) is -0.318. The summed E-state index contributed by atoms with van der Waals surface area (Å²) in [6.07, 6.45) is 5.84. The van der Waals surface area contributed by atoms with E-state index >= 15 is 0 Å². The van der Waals surface area contributed by atoms with Crippen molar-refractivity contribution in [3.05, 3.63) is 0 Å². The first kappa shape index (κ1) is 10.2. The summed E-state index contributed by atoms with van der Waals surface area (Å²) in [5.41, 5.74) is 0.